The van der Waals surface area contributed by atoms with Crippen LogP contribution in [0.1, 0.15) is 78.6 Å². The molecule has 7 nitrogen and oxygen atoms in total. The highest BCUT2D eigenvalue weighted by Crippen LogP contribution is 2.40. The molecule has 0 saturated carbocycles. The first-order valence-corrected chi connectivity index (χ1v) is 15.8. The molecule has 4 rings (SSSR count). The minimum atomic E-state index is -5.19. The van der Waals surface area contributed by atoms with Crippen LogP contribution in [0.3, 0.4) is 0 Å². The van der Waals surface area contributed by atoms with E-state index in [1.165, 1.54) is 0 Å². The number of rotatable bonds is 12. The zero-order chi connectivity index (χ0) is 36.4. The molecule has 2 aromatic carbocycles. The summed E-state index contributed by atoms with van der Waals surface area (Å²) in [7, 11) is 0. The number of carbonyl (C=O) groups excluding carboxylic acids is 1. The average Bonchev–Trinajstić information content (AvgIpc) is 2.94. The Balaban J connectivity index is 1.83. The van der Waals surface area contributed by atoms with E-state index in [4.69, 9.17) is 0 Å². The molecule has 1 aromatic heterocycles. The average molecular weight is 698 g/mol. The number of carboxylic acid groups (broad SMARTS) is 1. The summed E-state index contributed by atoms with van der Waals surface area (Å²) >= 11 is 0. The van der Waals surface area contributed by atoms with Crippen molar-refractivity contribution in [1.29, 1.82) is 0 Å². The molecule has 266 valence electrons. The number of halogens is 7. The van der Waals surface area contributed by atoms with Gasteiger partial charge in [0.2, 0.25) is 5.91 Å². The number of amides is 1. The number of aliphatic carboxylic acids is 1. The monoisotopic (exact) mass is 697 g/mol. The van der Waals surface area contributed by atoms with E-state index in [-0.39, 0.29) is 36.4 Å². The molecule has 1 fully saturated rings. The fraction of sp³-hybridized carbons (Fsp3) is 0.457. The van der Waals surface area contributed by atoms with Crippen molar-refractivity contribution in [2.45, 2.75) is 77.8 Å². The van der Waals surface area contributed by atoms with E-state index in [1.54, 1.807) is 45.9 Å². The van der Waals surface area contributed by atoms with Crippen molar-refractivity contribution >= 4 is 11.9 Å². The second-order valence-corrected chi connectivity index (χ2v) is 12.9. The number of alkyl halides is 6. The molecule has 1 aliphatic heterocycles. The summed E-state index contributed by atoms with van der Waals surface area (Å²) in [6, 6.07) is 3.72. The van der Waals surface area contributed by atoms with Crippen LogP contribution in [0.25, 0.3) is 11.1 Å². The molecule has 2 unspecified atom stereocenters. The molecule has 0 radical (unpaired) electrons. The predicted octanol–water partition coefficient (Wildman–Crippen LogP) is 7.48. The molecule has 1 aliphatic rings. The number of pyridine rings is 1. The Morgan fingerprint density at radius 2 is 1.57 bits per heavy atom. The van der Waals surface area contributed by atoms with Gasteiger partial charge >= 0.3 is 18.3 Å². The van der Waals surface area contributed by atoms with Crippen LogP contribution in [-0.4, -0.2) is 46.1 Å². The summed E-state index contributed by atoms with van der Waals surface area (Å²) in [5.74, 6) is -4.75. The van der Waals surface area contributed by atoms with Crippen LogP contribution in [0.4, 0.5) is 30.7 Å². The normalized spacial score (nSPS) is 15.2. The van der Waals surface area contributed by atoms with Gasteiger partial charge in [-0.05, 0) is 92.1 Å². The Hall–Kier alpha value is -4.20. The summed E-state index contributed by atoms with van der Waals surface area (Å²) in [6.07, 6.45) is -9.41. The van der Waals surface area contributed by atoms with Crippen LogP contribution < -0.4 is 10.9 Å². The number of carbonyl (C=O) groups is 2. The van der Waals surface area contributed by atoms with Crippen LogP contribution in [0.2, 0.25) is 0 Å². The number of nitrogens with zero attached hydrogens (tertiary/aromatic N) is 2. The third-order valence-corrected chi connectivity index (χ3v) is 8.69. The van der Waals surface area contributed by atoms with E-state index in [0.717, 1.165) is 23.3 Å². The standard InChI is InChI=1S/C35H38F7N3O4/c1-19(2)13-28(45-18-22(9-12-44-10-6-11-44)25(16-29(45)46)34(37,38)39)33(49)43-27(17-30(47)48)24-14-23(15-26(32(24)36)35(40,41)42)31-20(3)7-5-8-21(31)4/h5,7-8,14-16,18-19,27-28H,6,9-13,17H2,1-4H3,(H,43,49)(H,47,48). The van der Waals surface area contributed by atoms with Gasteiger partial charge in [-0.1, -0.05) is 32.0 Å². The predicted molar refractivity (Wildman–Crippen MR) is 168 cm³/mol. The third-order valence-electron chi connectivity index (χ3n) is 8.69. The number of hydrogen-bond acceptors (Lipinski definition) is 4. The molecule has 2 atom stereocenters. The Bertz CT molecular complexity index is 1740. The number of carboxylic acids is 1. The molecular weight excluding hydrogens is 659 g/mol. The van der Waals surface area contributed by atoms with Crippen molar-refractivity contribution in [3.63, 3.8) is 0 Å². The first-order valence-electron chi connectivity index (χ1n) is 15.8. The van der Waals surface area contributed by atoms with Gasteiger partial charge < -0.3 is 19.9 Å². The van der Waals surface area contributed by atoms with Gasteiger partial charge in [0.05, 0.1) is 23.6 Å². The summed E-state index contributed by atoms with van der Waals surface area (Å²) in [5, 5.41) is 12.0. The summed E-state index contributed by atoms with van der Waals surface area (Å²) in [6.45, 7) is 8.34. The lowest BCUT2D eigenvalue weighted by molar-refractivity contribution is -0.140. The van der Waals surface area contributed by atoms with Crippen LogP contribution in [0.5, 0.6) is 0 Å². The lowest BCUT2D eigenvalue weighted by Crippen LogP contribution is -2.41. The molecule has 3 aromatic rings. The summed E-state index contributed by atoms with van der Waals surface area (Å²) in [4.78, 5) is 41.0. The minimum absolute atomic E-state index is 0.0616. The van der Waals surface area contributed by atoms with Crippen molar-refractivity contribution in [3.8, 4) is 11.1 Å². The van der Waals surface area contributed by atoms with Gasteiger partial charge in [0.15, 0.2) is 0 Å². The van der Waals surface area contributed by atoms with Crippen LogP contribution in [0, 0.1) is 25.6 Å². The maximum absolute atomic E-state index is 15.8. The van der Waals surface area contributed by atoms with Gasteiger partial charge in [0.25, 0.3) is 5.56 Å². The second-order valence-electron chi connectivity index (χ2n) is 12.9. The van der Waals surface area contributed by atoms with Crippen LogP contribution >= 0.6 is 0 Å². The van der Waals surface area contributed by atoms with E-state index < -0.39 is 70.8 Å². The maximum atomic E-state index is 15.8. The Morgan fingerprint density at radius 1 is 0.959 bits per heavy atom. The lowest BCUT2D eigenvalue weighted by atomic mass is 9.90. The summed E-state index contributed by atoms with van der Waals surface area (Å²) < 4.78 is 101. The summed E-state index contributed by atoms with van der Waals surface area (Å²) in [5.41, 5.74) is -3.53. The molecule has 0 spiro atoms. The SMILES string of the molecule is Cc1cccc(C)c1-c1cc(C(CC(=O)O)NC(=O)C(CC(C)C)n2cc(CCN3CCC3)c(C(F)(F)F)cc2=O)c(F)c(C(F)(F)F)c1. The van der Waals surface area contributed by atoms with E-state index >= 15 is 4.39 Å². The Kier molecular flexibility index (Phi) is 11.3. The minimum Gasteiger partial charge on any atom is -0.481 e. The van der Waals surface area contributed by atoms with Crippen LogP contribution in [-0.2, 0) is 28.4 Å². The number of hydrogen-bond donors (Lipinski definition) is 2. The smallest absolute Gasteiger partial charge is 0.419 e. The quantitative estimate of drug-likeness (QED) is 0.192. The van der Waals surface area contributed by atoms with Gasteiger partial charge in [0, 0.05) is 24.4 Å². The fourth-order valence-corrected chi connectivity index (χ4v) is 6.18. The highest BCUT2D eigenvalue weighted by molar-refractivity contribution is 5.82. The Labute approximate surface area is 278 Å². The number of benzene rings is 2. The van der Waals surface area contributed by atoms with Crippen molar-refractivity contribution in [2.75, 3.05) is 19.6 Å². The van der Waals surface area contributed by atoms with Gasteiger partial charge in [-0.3, -0.25) is 14.4 Å². The number of nitrogens with one attached hydrogen (secondary N) is 1. The van der Waals surface area contributed by atoms with Crippen molar-refractivity contribution in [3.05, 3.63) is 92.1 Å². The number of aromatic nitrogens is 1. The van der Waals surface area contributed by atoms with Crippen molar-refractivity contribution in [2.24, 2.45) is 5.92 Å². The van der Waals surface area contributed by atoms with Gasteiger partial charge in [-0.15, -0.1) is 0 Å². The molecule has 2 N–H and O–H groups in total. The third kappa shape index (κ3) is 8.89. The molecule has 0 bridgehead atoms. The maximum Gasteiger partial charge on any atom is 0.419 e. The first kappa shape index (κ1) is 37.6. The lowest BCUT2D eigenvalue weighted by Gasteiger charge is -2.31. The fourth-order valence-electron chi connectivity index (χ4n) is 6.18. The van der Waals surface area contributed by atoms with Gasteiger partial charge in [0.1, 0.15) is 11.9 Å². The van der Waals surface area contributed by atoms with Crippen LogP contribution in [0.15, 0.2) is 47.4 Å². The molecule has 14 heteroatoms. The second kappa shape index (κ2) is 14.7. The van der Waals surface area contributed by atoms with E-state index in [9.17, 15) is 45.8 Å². The van der Waals surface area contributed by atoms with Crippen molar-refractivity contribution < 1.29 is 45.4 Å². The molecule has 1 amide bonds. The Morgan fingerprint density at radius 3 is 2.08 bits per heavy atom. The van der Waals surface area contributed by atoms with Gasteiger partial charge in [-0.25, -0.2) is 4.39 Å². The molecule has 2 heterocycles. The van der Waals surface area contributed by atoms with E-state index in [0.29, 0.717) is 41.9 Å². The highest BCUT2D eigenvalue weighted by atomic mass is 19.4. The van der Waals surface area contributed by atoms with Crippen molar-refractivity contribution in [1.82, 2.24) is 14.8 Å². The van der Waals surface area contributed by atoms with E-state index in [2.05, 4.69) is 5.32 Å². The largest absolute Gasteiger partial charge is 0.481 e. The number of aryl methyl sites for hydroxylation is 2. The molecule has 1 saturated heterocycles. The zero-order valence-corrected chi connectivity index (χ0v) is 27.4. The highest BCUT2D eigenvalue weighted by Gasteiger charge is 2.39. The molecular formula is C35H38F7N3O4. The van der Waals surface area contributed by atoms with Gasteiger partial charge in [-0.2, -0.15) is 26.3 Å². The molecule has 0 aliphatic carbocycles. The first-order chi connectivity index (χ1) is 22.8. The topological polar surface area (TPSA) is 91.6 Å². The number of likely N-dealkylation sites (tertiary alicyclic amines) is 1. The zero-order valence-electron chi connectivity index (χ0n) is 27.4. The molecule has 49 heavy (non-hydrogen) atoms. The van der Waals surface area contributed by atoms with E-state index in [1.807, 2.05) is 4.90 Å².